The first-order valence-electron chi connectivity index (χ1n) is 8.67. The van der Waals surface area contributed by atoms with Gasteiger partial charge in [-0.25, -0.2) is 0 Å². The van der Waals surface area contributed by atoms with E-state index in [1.807, 2.05) is 30.3 Å². The number of carbonyl (C=O) groups is 2. The monoisotopic (exact) mass is 370 g/mol. The SMILES string of the molecule is O=C(C1CCN(C(=O)C(F)(F)F)CC1)N1CCOC(c2ccccc2)C1. The average Bonchev–Trinajstić information content (AvgIpc) is 2.67. The van der Waals surface area contributed by atoms with Crippen LogP contribution in [0.25, 0.3) is 0 Å². The number of carbonyl (C=O) groups excluding carboxylic acids is 2. The van der Waals surface area contributed by atoms with Crippen molar-refractivity contribution in [1.29, 1.82) is 0 Å². The van der Waals surface area contributed by atoms with E-state index in [0.29, 0.717) is 19.7 Å². The van der Waals surface area contributed by atoms with E-state index in [2.05, 4.69) is 0 Å². The number of halogens is 3. The van der Waals surface area contributed by atoms with E-state index < -0.39 is 12.1 Å². The maximum absolute atomic E-state index is 12.7. The molecular formula is C18H21F3N2O3. The minimum atomic E-state index is -4.86. The van der Waals surface area contributed by atoms with Crippen molar-refractivity contribution in [1.82, 2.24) is 9.80 Å². The van der Waals surface area contributed by atoms with E-state index >= 15 is 0 Å². The first-order chi connectivity index (χ1) is 12.4. The van der Waals surface area contributed by atoms with Crippen LogP contribution in [0.2, 0.25) is 0 Å². The highest BCUT2D eigenvalue weighted by atomic mass is 19.4. The van der Waals surface area contributed by atoms with Gasteiger partial charge >= 0.3 is 12.1 Å². The fraction of sp³-hybridized carbons (Fsp3) is 0.556. The van der Waals surface area contributed by atoms with Crippen molar-refractivity contribution < 1.29 is 27.5 Å². The quantitative estimate of drug-likeness (QED) is 0.803. The van der Waals surface area contributed by atoms with Crippen LogP contribution >= 0.6 is 0 Å². The summed E-state index contributed by atoms with van der Waals surface area (Å²) in [6.07, 6.45) is -4.53. The summed E-state index contributed by atoms with van der Waals surface area (Å²) in [6.45, 7) is 1.26. The number of morpholine rings is 1. The Balaban J connectivity index is 1.56. The van der Waals surface area contributed by atoms with E-state index in [1.54, 1.807) is 4.90 Å². The largest absolute Gasteiger partial charge is 0.471 e. The van der Waals surface area contributed by atoms with Gasteiger partial charge < -0.3 is 14.5 Å². The van der Waals surface area contributed by atoms with E-state index in [0.717, 1.165) is 10.5 Å². The maximum atomic E-state index is 12.7. The van der Waals surface area contributed by atoms with E-state index in [1.165, 1.54) is 0 Å². The Kier molecular flexibility index (Phi) is 5.50. The van der Waals surface area contributed by atoms with Crippen LogP contribution in [0.5, 0.6) is 0 Å². The highest BCUT2D eigenvalue weighted by molar-refractivity contribution is 5.83. The van der Waals surface area contributed by atoms with Crippen LogP contribution in [0.1, 0.15) is 24.5 Å². The molecule has 0 N–H and O–H groups in total. The van der Waals surface area contributed by atoms with Gasteiger partial charge in [0.1, 0.15) is 6.10 Å². The molecule has 142 valence electrons. The molecule has 1 aromatic rings. The van der Waals surface area contributed by atoms with Gasteiger partial charge in [-0.05, 0) is 18.4 Å². The molecule has 2 heterocycles. The second-order valence-electron chi connectivity index (χ2n) is 6.62. The predicted octanol–water partition coefficient (Wildman–Crippen LogP) is 2.39. The number of hydrogen-bond acceptors (Lipinski definition) is 3. The molecule has 2 saturated heterocycles. The first-order valence-corrected chi connectivity index (χ1v) is 8.67. The molecule has 1 unspecified atom stereocenters. The van der Waals surface area contributed by atoms with Gasteiger partial charge in [0.2, 0.25) is 5.91 Å². The number of alkyl halides is 3. The third-order valence-electron chi connectivity index (χ3n) is 4.92. The summed E-state index contributed by atoms with van der Waals surface area (Å²) in [5.74, 6) is -2.23. The molecule has 2 amide bonds. The third-order valence-corrected chi connectivity index (χ3v) is 4.92. The molecule has 5 nitrogen and oxygen atoms in total. The molecule has 26 heavy (non-hydrogen) atoms. The second-order valence-corrected chi connectivity index (χ2v) is 6.62. The van der Waals surface area contributed by atoms with Gasteiger partial charge in [-0.3, -0.25) is 9.59 Å². The zero-order valence-electron chi connectivity index (χ0n) is 14.2. The lowest BCUT2D eigenvalue weighted by Crippen LogP contribution is -2.50. The van der Waals surface area contributed by atoms with Crippen LogP contribution in [-0.2, 0) is 14.3 Å². The molecule has 0 spiro atoms. The molecule has 0 aromatic heterocycles. The molecule has 1 atom stereocenters. The standard InChI is InChI=1S/C18H21F3N2O3/c19-18(20,21)17(25)22-8-6-14(7-9-22)16(24)23-10-11-26-15(12-23)13-4-2-1-3-5-13/h1-5,14-15H,6-12H2. The van der Waals surface area contributed by atoms with Crippen LogP contribution in [0.3, 0.4) is 0 Å². The number of piperidine rings is 1. The lowest BCUT2D eigenvalue weighted by molar-refractivity contribution is -0.187. The highest BCUT2D eigenvalue weighted by Gasteiger charge is 2.44. The Labute approximate surface area is 149 Å². The molecule has 8 heteroatoms. The summed E-state index contributed by atoms with van der Waals surface area (Å²) in [4.78, 5) is 26.6. The van der Waals surface area contributed by atoms with Crippen molar-refractivity contribution in [2.24, 2.45) is 5.92 Å². The smallest absolute Gasteiger partial charge is 0.370 e. The molecule has 3 rings (SSSR count). The Morgan fingerprint density at radius 3 is 2.27 bits per heavy atom. The first kappa shape index (κ1) is 18.7. The van der Waals surface area contributed by atoms with Gasteiger partial charge in [0.25, 0.3) is 0 Å². The number of ether oxygens (including phenoxy) is 1. The molecule has 0 saturated carbocycles. The number of benzene rings is 1. The fourth-order valence-electron chi connectivity index (χ4n) is 3.49. The third kappa shape index (κ3) is 4.17. The zero-order valence-corrected chi connectivity index (χ0v) is 14.2. The average molecular weight is 370 g/mol. The van der Waals surface area contributed by atoms with Crippen molar-refractivity contribution in [3.8, 4) is 0 Å². The summed E-state index contributed by atoms with van der Waals surface area (Å²) in [6, 6.07) is 9.62. The topological polar surface area (TPSA) is 49.9 Å². The molecule has 2 aliphatic rings. The van der Waals surface area contributed by atoms with E-state index in [-0.39, 0.29) is 43.9 Å². The van der Waals surface area contributed by atoms with Gasteiger partial charge in [-0.1, -0.05) is 30.3 Å². The van der Waals surface area contributed by atoms with Crippen molar-refractivity contribution in [3.63, 3.8) is 0 Å². The Morgan fingerprint density at radius 2 is 1.65 bits per heavy atom. The summed E-state index contributed by atoms with van der Waals surface area (Å²) >= 11 is 0. The lowest BCUT2D eigenvalue weighted by atomic mass is 9.94. The van der Waals surface area contributed by atoms with Crippen molar-refractivity contribution in [2.45, 2.75) is 25.1 Å². The zero-order chi connectivity index (χ0) is 18.7. The van der Waals surface area contributed by atoms with E-state index in [9.17, 15) is 22.8 Å². The van der Waals surface area contributed by atoms with Crippen LogP contribution in [0.15, 0.2) is 30.3 Å². The summed E-state index contributed by atoms with van der Waals surface area (Å²) < 4.78 is 43.3. The number of rotatable bonds is 2. The Morgan fingerprint density at radius 1 is 1.00 bits per heavy atom. The fourth-order valence-corrected chi connectivity index (χ4v) is 3.49. The normalized spacial score (nSPS) is 22.3. The minimum absolute atomic E-state index is 0.0405. The van der Waals surface area contributed by atoms with Crippen molar-refractivity contribution in [2.75, 3.05) is 32.8 Å². The number of likely N-dealkylation sites (tertiary alicyclic amines) is 1. The Bertz CT molecular complexity index is 643. The maximum Gasteiger partial charge on any atom is 0.471 e. The van der Waals surface area contributed by atoms with Crippen molar-refractivity contribution in [3.05, 3.63) is 35.9 Å². The van der Waals surface area contributed by atoms with E-state index in [4.69, 9.17) is 4.74 Å². The van der Waals surface area contributed by atoms with Crippen LogP contribution in [0.4, 0.5) is 13.2 Å². The molecule has 0 radical (unpaired) electrons. The number of amides is 2. The predicted molar refractivity (Wildman–Crippen MR) is 87.1 cm³/mol. The van der Waals surface area contributed by atoms with Gasteiger partial charge in [0.15, 0.2) is 0 Å². The summed E-state index contributed by atoms with van der Waals surface area (Å²) in [5, 5.41) is 0. The van der Waals surface area contributed by atoms with Gasteiger partial charge in [-0.15, -0.1) is 0 Å². The van der Waals surface area contributed by atoms with Crippen LogP contribution < -0.4 is 0 Å². The molecule has 0 aliphatic carbocycles. The molecular weight excluding hydrogens is 349 g/mol. The number of hydrogen-bond donors (Lipinski definition) is 0. The Hall–Kier alpha value is -2.09. The molecule has 2 fully saturated rings. The van der Waals surface area contributed by atoms with Gasteiger partial charge in [0, 0.05) is 25.6 Å². The highest BCUT2D eigenvalue weighted by Crippen LogP contribution is 2.27. The molecule has 1 aromatic carbocycles. The lowest BCUT2D eigenvalue weighted by Gasteiger charge is -2.38. The molecule has 2 aliphatic heterocycles. The van der Waals surface area contributed by atoms with Gasteiger partial charge in [0.05, 0.1) is 13.2 Å². The summed E-state index contributed by atoms with van der Waals surface area (Å²) in [7, 11) is 0. The number of nitrogens with zero attached hydrogens (tertiary/aromatic N) is 2. The van der Waals surface area contributed by atoms with Gasteiger partial charge in [-0.2, -0.15) is 13.2 Å². The second kappa shape index (κ2) is 7.65. The van der Waals surface area contributed by atoms with Crippen molar-refractivity contribution >= 4 is 11.8 Å². The van der Waals surface area contributed by atoms with Crippen LogP contribution in [0, 0.1) is 5.92 Å². The van der Waals surface area contributed by atoms with Crippen LogP contribution in [-0.4, -0.2) is 60.6 Å². The summed E-state index contributed by atoms with van der Waals surface area (Å²) in [5.41, 5.74) is 0.996. The molecule has 0 bridgehead atoms. The minimum Gasteiger partial charge on any atom is -0.370 e.